The number of halogens is 1. The van der Waals surface area contributed by atoms with Gasteiger partial charge in [0.1, 0.15) is 0 Å². The van der Waals surface area contributed by atoms with E-state index in [2.05, 4.69) is 82.7 Å². The quantitative estimate of drug-likeness (QED) is 0.332. The van der Waals surface area contributed by atoms with Crippen LogP contribution in [0.1, 0.15) is 50.4 Å². The SMILES string of the molecule is CN=C(NCCc1ccc(C)nc1)NC1CCN(c2ccc(C(C)(C)C)cc2)CC1.I. The number of aromatic nitrogens is 1. The molecule has 0 atom stereocenters. The van der Waals surface area contributed by atoms with Crippen LogP contribution >= 0.6 is 24.0 Å². The molecule has 2 N–H and O–H groups in total. The average Bonchev–Trinajstić information content (AvgIpc) is 2.74. The summed E-state index contributed by atoms with van der Waals surface area (Å²) in [7, 11) is 1.84. The fourth-order valence-corrected chi connectivity index (χ4v) is 3.81. The van der Waals surface area contributed by atoms with Crippen molar-refractivity contribution in [3.8, 4) is 0 Å². The minimum absolute atomic E-state index is 0. The Morgan fingerprint density at radius 3 is 2.32 bits per heavy atom. The highest BCUT2D eigenvalue weighted by Crippen LogP contribution is 2.26. The molecule has 0 spiro atoms. The molecular weight excluding hydrogens is 497 g/mol. The van der Waals surface area contributed by atoms with Crippen LogP contribution in [0.3, 0.4) is 0 Å². The van der Waals surface area contributed by atoms with Crippen molar-refractivity contribution in [2.75, 3.05) is 31.6 Å². The molecule has 0 saturated carbocycles. The zero-order valence-electron chi connectivity index (χ0n) is 19.6. The standard InChI is InChI=1S/C25H37N5.HI/c1-19-6-7-20(18-28-19)12-15-27-24(26-5)29-22-13-16-30(17-14-22)23-10-8-21(9-11-23)25(2,3)4;/h6-11,18,22H,12-17H2,1-5H3,(H2,26,27,29);1H. The van der Waals surface area contributed by atoms with Gasteiger partial charge in [-0.2, -0.15) is 0 Å². The number of hydrogen-bond donors (Lipinski definition) is 2. The average molecular weight is 536 g/mol. The topological polar surface area (TPSA) is 52.6 Å². The van der Waals surface area contributed by atoms with Gasteiger partial charge in [-0.3, -0.25) is 9.98 Å². The van der Waals surface area contributed by atoms with Gasteiger partial charge in [0.05, 0.1) is 0 Å². The lowest BCUT2D eigenvalue weighted by molar-refractivity contribution is 0.461. The largest absolute Gasteiger partial charge is 0.371 e. The molecule has 1 aliphatic rings. The zero-order valence-corrected chi connectivity index (χ0v) is 21.9. The molecule has 1 saturated heterocycles. The summed E-state index contributed by atoms with van der Waals surface area (Å²) in [5.74, 6) is 0.892. The van der Waals surface area contributed by atoms with Gasteiger partial charge in [-0.1, -0.05) is 39.0 Å². The first-order valence-corrected chi connectivity index (χ1v) is 11.1. The molecule has 0 radical (unpaired) electrons. The number of piperidine rings is 1. The summed E-state index contributed by atoms with van der Waals surface area (Å²) < 4.78 is 0. The van der Waals surface area contributed by atoms with Gasteiger partial charge in [0.25, 0.3) is 0 Å². The molecule has 3 rings (SSSR count). The summed E-state index contributed by atoms with van der Waals surface area (Å²) >= 11 is 0. The van der Waals surface area contributed by atoms with E-state index in [1.54, 1.807) is 0 Å². The molecule has 31 heavy (non-hydrogen) atoms. The van der Waals surface area contributed by atoms with Crippen LogP contribution in [-0.2, 0) is 11.8 Å². The fraction of sp³-hybridized carbons (Fsp3) is 0.520. The van der Waals surface area contributed by atoms with E-state index in [1.807, 2.05) is 20.2 Å². The number of rotatable bonds is 5. The molecular formula is C25H38IN5. The maximum absolute atomic E-state index is 4.40. The summed E-state index contributed by atoms with van der Waals surface area (Å²) in [5, 5.41) is 7.04. The van der Waals surface area contributed by atoms with Crippen LogP contribution < -0.4 is 15.5 Å². The second-order valence-electron chi connectivity index (χ2n) is 9.26. The van der Waals surface area contributed by atoms with Crippen LogP contribution in [0.15, 0.2) is 47.6 Å². The molecule has 0 aliphatic carbocycles. The Bertz CT molecular complexity index is 816. The molecule has 1 fully saturated rings. The van der Waals surface area contributed by atoms with Gasteiger partial charge in [-0.15, -0.1) is 24.0 Å². The molecule has 170 valence electrons. The molecule has 1 aliphatic heterocycles. The van der Waals surface area contributed by atoms with E-state index in [0.29, 0.717) is 6.04 Å². The van der Waals surface area contributed by atoms with Crippen molar-refractivity contribution in [2.45, 2.75) is 58.4 Å². The minimum Gasteiger partial charge on any atom is -0.371 e. The van der Waals surface area contributed by atoms with Crippen LogP contribution in [0.2, 0.25) is 0 Å². The second-order valence-corrected chi connectivity index (χ2v) is 9.26. The molecule has 6 heteroatoms. The lowest BCUT2D eigenvalue weighted by atomic mass is 9.87. The van der Waals surface area contributed by atoms with Gasteiger partial charge in [-0.05, 0) is 60.9 Å². The van der Waals surface area contributed by atoms with Crippen LogP contribution in [0, 0.1) is 6.92 Å². The van der Waals surface area contributed by atoms with Gasteiger partial charge < -0.3 is 15.5 Å². The highest BCUT2D eigenvalue weighted by Gasteiger charge is 2.21. The molecule has 0 amide bonds. The van der Waals surface area contributed by atoms with Crippen molar-refractivity contribution < 1.29 is 0 Å². The number of pyridine rings is 1. The van der Waals surface area contributed by atoms with E-state index < -0.39 is 0 Å². The molecule has 0 bridgehead atoms. The van der Waals surface area contributed by atoms with Crippen LogP contribution in [0.4, 0.5) is 5.69 Å². The summed E-state index contributed by atoms with van der Waals surface area (Å²) in [6.07, 6.45) is 5.13. The number of aliphatic imine (C=N–C) groups is 1. The second kappa shape index (κ2) is 11.7. The van der Waals surface area contributed by atoms with Gasteiger partial charge in [0.2, 0.25) is 0 Å². The number of hydrogen-bond acceptors (Lipinski definition) is 3. The first kappa shape index (κ1) is 25.4. The first-order valence-electron chi connectivity index (χ1n) is 11.1. The Kier molecular flexibility index (Phi) is 9.59. The maximum Gasteiger partial charge on any atom is 0.191 e. The summed E-state index contributed by atoms with van der Waals surface area (Å²) in [6.45, 7) is 11.8. The Labute approximate surface area is 205 Å². The van der Waals surface area contributed by atoms with Gasteiger partial charge >= 0.3 is 0 Å². The predicted octanol–water partition coefficient (Wildman–Crippen LogP) is 4.68. The highest BCUT2D eigenvalue weighted by atomic mass is 127. The van der Waals surface area contributed by atoms with E-state index >= 15 is 0 Å². The number of anilines is 1. The van der Waals surface area contributed by atoms with E-state index in [9.17, 15) is 0 Å². The fourth-order valence-electron chi connectivity index (χ4n) is 3.81. The summed E-state index contributed by atoms with van der Waals surface area (Å²) in [5.41, 5.74) is 5.22. The smallest absolute Gasteiger partial charge is 0.191 e. The molecule has 2 aromatic rings. The molecule has 0 unspecified atom stereocenters. The Hall–Kier alpha value is -1.83. The lowest BCUT2D eigenvalue weighted by Gasteiger charge is -2.35. The first-order chi connectivity index (χ1) is 14.3. The third kappa shape index (κ3) is 7.66. The Morgan fingerprint density at radius 2 is 1.77 bits per heavy atom. The van der Waals surface area contributed by atoms with Crippen LogP contribution in [0.25, 0.3) is 0 Å². The van der Waals surface area contributed by atoms with Crippen molar-refractivity contribution in [3.63, 3.8) is 0 Å². The summed E-state index contributed by atoms with van der Waals surface area (Å²) in [6, 6.07) is 13.8. The highest BCUT2D eigenvalue weighted by molar-refractivity contribution is 14.0. The van der Waals surface area contributed by atoms with Crippen LogP contribution in [-0.4, -0.2) is 43.7 Å². The molecule has 5 nitrogen and oxygen atoms in total. The van der Waals surface area contributed by atoms with Crippen molar-refractivity contribution in [1.82, 2.24) is 15.6 Å². The van der Waals surface area contributed by atoms with Crippen molar-refractivity contribution >= 4 is 35.6 Å². The zero-order chi connectivity index (χ0) is 21.6. The van der Waals surface area contributed by atoms with Gasteiger partial charge in [0.15, 0.2) is 5.96 Å². The third-order valence-electron chi connectivity index (χ3n) is 5.84. The number of benzene rings is 1. The van der Waals surface area contributed by atoms with E-state index in [0.717, 1.165) is 50.6 Å². The Morgan fingerprint density at radius 1 is 1.10 bits per heavy atom. The normalized spacial score (nSPS) is 15.4. The summed E-state index contributed by atoms with van der Waals surface area (Å²) in [4.78, 5) is 11.3. The van der Waals surface area contributed by atoms with E-state index in [4.69, 9.17) is 0 Å². The predicted molar refractivity (Wildman–Crippen MR) is 143 cm³/mol. The Balaban J connectivity index is 0.00000341. The number of aryl methyl sites for hydroxylation is 1. The third-order valence-corrected chi connectivity index (χ3v) is 5.84. The molecule has 1 aromatic heterocycles. The lowest BCUT2D eigenvalue weighted by Crippen LogP contribution is -2.49. The molecule has 1 aromatic carbocycles. The van der Waals surface area contributed by atoms with Crippen molar-refractivity contribution in [1.29, 1.82) is 0 Å². The number of nitrogens with one attached hydrogen (secondary N) is 2. The van der Waals surface area contributed by atoms with E-state index in [1.165, 1.54) is 16.8 Å². The van der Waals surface area contributed by atoms with Crippen LogP contribution in [0.5, 0.6) is 0 Å². The van der Waals surface area contributed by atoms with Gasteiger partial charge in [0, 0.05) is 50.3 Å². The van der Waals surface area contributed by atoms with Gasteiger partial charge in [-0.25, -0.2) is 0 Å². The molecule has 2 heterocycles. The van der Waals surface area contributed by atoms with E-state index in [-0.39, 0.29) is 29.4 Å². The number of nitrogens with zero attached hydrogens (tertiary/aromatic N) is 3. The van der Waals surface area contributed by atoms with Crippen molar-refractivity contribution in [3.05, 3.63) is 59.4 Å². The monoisotopic (exact) mass is 535 g/mol. The maximum atomic E-state index is 4.40. The minimum atomic E-state index is 0. The number of guanidine groups is 1. The van der Waals surface area contributed by atoms with Crippen molar-refractivity contribution in [2.24, 2.45) is 4.99 Å².